The number of nitrogens with zero attached hydrogens (tertiary/aromatic N) is 3. The lowest BCUT2D eigenvalue weighted by atomic mass is 9.89. The Bertz CT molecular complexity index is 1040. The zero-order chi connectivity index (χ0) is 20.4. The number of hydrogen-bond donors (Lipinski definition) is 0. The second kappa shape index (κ2) is 8.25. The van der Waals surface area contributed by atoms with E-state index in [1.54, 1.807) is 10.7 Å². The Kier molecular flexibility index (Phi) is 5.53. The van der Waals surface area contributed by atoms with Crippen LogP contribution in [0.1, 0.15) is 45.9 Å². The molecule has 0 saturated carbocycles. The normalized spacial score (nSPS) is 14.9. The predicted octanol–water partition coefficient (Wildman–Crippen LogP) is 4.25. The Morgan fingerprint density at radius 2 is 2.03 bits per heavy atom. The molecule has 1 saturated heterocycles. The van der Waals surface area contributed by atoms with Crippen LogP contribution in [0.15, 0.2) is 42.7 Å². The first-order valence-corrected chi connectivity index (χ1v) is 9.87. The predicted molar refractivity (Wildman–Crippen MR) is 108 cm³/mol. The maximum absolute atomic E-state index is 13.8. The van der Waals surface area contributed by atoms with Crippen LogP contribution in [0.3, 0.4) is 0 Å². The van der Waals surface area contributed by atoms with Gasteiger partial charge in [0.1, 0.15) is 11.5 Å². The van der Waals surface area contributed by atoms with Crippen molar-refractivity contribution in [3.05, 3.63) is 70.9 Å². The number of aromatic nitrogens is 3. The van der Waals surface area contributed by atoms with Crippen molar-refractivity contribution in [3.8, 4) is 11.3 Å². The molecule has 1 aliphatic rings. The Morgan fingerprint density at radius 1 is 1.24 bits per heavy atom. The number of carbonyl (C=O) groups is 1. The fourth-order valence-electron chi connectivity index (χ4n) is 3.87. The molecule has 1 fully saturated rings. The second-order valence-corrected chi connectivity index (χ2v) is 7.57. The molecule has 1 aromatic carbocycles. The highest BCUT2D eigenvalue weighted by atomic mass is 19.1. The van der Waals surface area contributed by atoms with Gasteiger partial charge in [-0.05, 0) is 60.6 Å². The van der Waals surface area contributed by atoms with E-state index >= 15 is 0 Å². The quantitative estimate of drug-likeness (QED) is 0.608. The minimum atomic E-state index is -0.475. The molecule has 6 heteroatoms. The van der Waals surface area contributed by atoms with Crippen molar-refractivity contribution in [2.75, 3.05) is 13.2 Å². The molecule has 0 N–H and O–H groups in total. The number of ketones is 1. The Labute approximate surface area is 169 Å². The molecule has 0 radical (unpaired) electrons. The van der Waals surface area contributed by atoms with Crippen LogP contribution < -0.4 is 0 Å². The van der Waals surface area contributed by atoms with Crippen LogP contribution in [0.5, 0.6) is 0 Å². The standard InChI is InChI=1S/C23H24FN3O2/c1-15-3-4-17(16-6-9-29-10-7-16)11-19(15)22-13-21(26-27(22)2)23(28)12-18-5-8-25-14-20(18)24/h3-5,8,11,13-14,16H,6-7,9-10,12H2,1-2H3. The number of carbonyl (C=O) groups excluding carboxylic acids is 1. The molecule has 0 spiro atoms. The summed E-state index contributed by atoms with van der Waals surface area (Å²) in [4.78, 5) is 16.4. The number of halogens is 1. The van der Waals surface area contributed by atoms with Gasteiger partial charge >= 0.3 is 0 Å². The molecule has 0 bridgehead atoms. The molecular formula is C23H24FN3O2. The summed E-state index contributed by atoms with van der Waals surface area (Å²) in [5.41, 5.74) is 5.04. The first kappa shape index (κ1) is 19.5. The molecule has 5 nitrogen and oxygen atoms in total. The molecule has 0 amide bonds. The molecule has 1 aliphatic heterocycles. The number of hydrogen-bond acceptors (Lipinski definition) is 4. The van der Waals surface area contributed by atoms with Crippen molar-refractivity contribution >= 4 is 5.78 Å². The molecule has 2 aromatic heterocycles. The van der Waals surface area contributed by atoms with Crippen molar-refractivity contribution in [1.82, 2.24) is 14.8 Å². The molecule has 0 unspecified atom stereocenters. The van der Waals surface area contributed by atoms with E-state index in [1.807, 2.05) is 7.05 Å². The fourth-order valence-corrected chi connectivity index (χ4v) is 3.87. The van der Waals surface area contributed by atoms with Crippen molar-refractivity contribution < 1.29 is 13.9 Å². The molecule has 3 heterocycles. The third-order valence-electron chi connectivity index (χ3n) is 5.60. The third kappa shape index (κ3) is 4.12. The highest BCUT2D eigenvalue weighted by molar-refractivity contribution is 5.96. The largest absolute Gasteiger partial charge is 0.381 e. The molecule has 0 atom stereocenters. The lowest BCUT2D eigenvalue weighted by Gasteiger charge is -2.23. The Morgan fingerprint density at radius 3 is 2.79 bits per heavy atom. The molecule has 4 rings (SSSR count). The van der Waals surface area contributed by atoms with Crippen LogP contribution in [0.2, 0.25) is 0 Å². The summed E-state index contributed by atoms with van der Waals surface area (Å²) in [7, 11) is 1.83. The van der Waals surface area contributed by atoms with Gasteiger partial charge in [-0.2, -0.15) is 5.10 Å². The summed E-state index contributed by atoms with van der Waals surface area (Å²) in [6, 6.07) is 9.85. The molecule has 0 aliphatic carbocycles. The van der Waals surface area contributed by atoms with Gasteiger partial charge in [-0.25, -0.2) is 4.39 Å². The summed E-state index contributed by atoms with van der Waals surface area (Å²) in [5.74, 6) is -0.195. The number of aryl methyl sites for hydroxylation is 2. The van der Waals surface area contributed by atoms with Crippen molar-refractivity contribution in [1.29, 1.82) is 0 Å². The summed E-state index contributed by atoms with van der Waals surface area (Å²) in [6.07, 6.45) is 4.62. The van der Waals surface area contributed by atoms with Crippen molar-refractivity contribution in [2.45, 2.75) is 32.1 Å². The lowest BCUT2D eigenvalue weighted by Crippen LogP contribution is -2.14. The van der Waals surface area contributed by atoms with E-state index in [0.717, 1.165) is 49.1 Å². The molecule has 29 heavy (non-hydrogen) atoms. The molecule has 150 valence electrons. The van der Waals surface area contributed by atoms with Gasteiger partial charge in [0, 0.05) is 38.4 Å². The SMILES string of the molecule is Cc1ccc(C2CCOCC2)cc1-c1cc(C(=O)Cc2ccncc2F)nn1C. The summed E-state index contributed by atoms with van der Waals surface area (Å²) < 4.78 is 21.1. The van der Waals surface area contributed by atoms with Crippen LogP contribution in [-0.2, 0) is 18.2 Å². The van der Waals surface area contributed by atoms with Gasteiger partial charge in [-0.1, -0.05) is 12.1 Å². The number of rotatable bonds is 5. The maximum Gasteiger partial charge on any atom is 0.187 e. The summed E-state index contributed by atoms with van der Waals surface area (Å²) >= 11 is 0. The first-order valence-electron chi connectivity index (χ1n) is 9.87. The number of Topliss-reactive ketones (excluding diaryl/α,β-unsaturated/α-hetero) is 1. The third-order valence-corrected chi connectivity index (χ3v) is 5.60. The van der Waals surface area contributed by atoms with Crippen LogP contribution in [0, 0.1) is 12.7 Å². The van der Waals surface area contributed by atoms with Crippen LogP contribution in [0.25, 0.3) is 11.3 Å². The molecule has 3 aromatic rings. The van der Waals surface area contributed by atoms with Gasteiger partial charge < -0.3 is 4.74 Å². The zero-order valence-electron chi connectivity index (χ0n) is 16.7. The van der Waals surface area contributed by atoms with Gasteiger partial charge in [-0.15, -0.1) is 0 Å². The van der Waals surface area contributed by atoms with E-state index in [0.29, 0.717) is 17.2 Å². The van der Waals surface area contributed by atoms with Gasteiger partial charge in [-0.3, -0.25) is 14.5 Å². The van der Waals surface area contributed by atoms with Crippen molar-refractivity contribution in [3.63, 3.8) is 0 Å². The van der Waals surface area contributed by atoms with Gasteiger partial charge in [0.2, 0.25) is 0 Å². The maximum atomic E-state index is 13.8. The average molecular weight is 393 g/mol. The highest BCUT2D eigenvalue weighted by Gasteiger charge is 2.20. The Hall–Kier alpha value is -2.86. The zero-order valence-corrected chi connectivity index (χ0v) is 16.7. The van der Waals surface area contributed by atoms with Crippen molar-refractivity contribution in [2.24, 2.45) is 7.05 Å². The number of ether oxygens (including phenoxy) is 1. The average Bonchev–Trinajstić information content (AvgIpc) is 3.12. The Balaban J connectivity index is 1.62. The van der Waals surface area contributed by atoms with E-state index in [9.17, 15) is 9.18 Å². The van der Waals surface area contributed by atoms with E-state index in [4.69, 9.17) is 4.74 Å². The summed E-state index contributed by atoms with van der Waals surface area (Å²) in [6.45, 7) is 3.65. The minimum absolute atomic E-state index is 0.0358. The van der Waals surface area contributed by atoms with Crippen LogP contribution in [0.4, 0.5) is 4.39 Å². The lowest BCUT2D eigenvalue weighted by molar-refractivity contribution is 0.0853. The van der Waals surface area contributed by atoms with Crippen LogP contribution in [-0.4, -0.2) is 33.8 Å². The first-order chi connectivity index (χ1) is 14.0. The van der Waals surface area contributed by atoms with E-state index in [-0.39, 0.29) is 12.2 Å². The van der Waals surface area contributed by atoms with Gasteiger partial charge in [0.25, 0.3) is 0 Å². The minimum Gasteiger partial charge on any atom is -0.381 e. The topological polar surface area (TPSA) is 57.0 Å². The number of benzene rings is 1. The second-order valence-electron chi connectivity index (χ2n) is 7.57. The smallest absolute Gasteiger partial charge is 0.187 e. The highest BCUT2D eigenvalue weighted by Crippen LogP contribution is 2.32. The van der Waals surface area contributed by atoms with Gasteiger partial charge in [0.15, 0.2) is 5.78 Å². The van der Waals surface area contributed by atoms with E-state index < -0.39 is 5.82 Å². The fraction of sp³-hybridized carbons (Fsp3) is 0.348. The summed E-state index contributed by atoms with van der Waals surface area (Å²) in [5, 5.41) is 4.41. The monoisotopic (exact) mass is 393 g/mol. The number of pyridine rings is 1. The van der Waals surface area contributed by atoms with E-state index in [2.05, 4.69) is 35.2 Å². The van der Waals surface area contributed by atoms with E-state index in [1.165, 1.54) is 17.8 Å². The molecular weight excluding hydrogens is 369 g/mol. The van der Waals surface area contributed by atoms with Crippen LogP contribution >= 0.6 is 0 Å². The van der Waals surface area contributed by atoms with Gasteiger partial charge in [0.05, 0.1) is 11.9 Å².